The Bertz CT molecular complexity index is 608. The third-order valence-electron chi connectivity index (χ3n) is 3.29. The van der Waals surface area contributed by atoms with Crippen LogP contribution in [-0.2, 0) is 10.0 Å². The van der Waals surface area contributed by atoms with Crippen molar-refractivity contribution in [2.24, 2.45) is 0 Å². The molecule has 0 bridgehead atoms. The zero-order valence-electron chi connectivity index (χ0n) is 11.1. The molecular weight excluding hydrogens is 284 g/mol. The SMILES string of the molecule is COc1ccc([N+](=O)[O-])cc1S(=O)(=O)N1CCCCC1. The molecule has 0 saturated carbocycles. The number of hydrogen-bond donors (Lipinski definition) is 0. The third-order valence-corrected chi connectivity index (χ3v) is 5.21. The van der Waals surface area contributed by atoms with Crippen molar-refractivity contribution in [1.82, 2.24) is 4.31 Å². The minimum atomic E-state index is -3.76. The number of non-ortho nitro benzene ring substituents is 1. The number of methoxy groups -OCH3 is 1. The van der Waals surface area contributed by atoms with Gasteiger partial charge in [0.05, 0.1) is 12.0 Å². The maximum absolute atomic E-state index is 12.6. The summed E-state index contributed by atoms with van der Waals surface area (Å²) < 4.78 is 31.5. The van der Waals surface area contributed by atoms with Gasteiger partial charge in [0.25, 0.3) is 5.69 Å². The molecule has 2 rings (SSSR count). The molecule has 1 heterocycles. The van der Waals surface area contributed by atoms with Gasteiger partial charge in [-0.15, -0.1) is 0 Å². The molecule has 0 aliphatic carbocycles. The highest BCUT2D eigenvalue weighted by Gasteiger charge is 2.30. The third kappa shape index (κ3) is 2.75. The summed E-state index contributed by atoms with van der Waals surface area (Å²) in [5, 5.41) is 10.8. The molecule has 8 heteroatoms. The first kappa shape index (κ1) is 14.7. The lowest BCUT2D eigenvalue weighted by Crippen LogP contribution is -2.35. The van der Waals surface area contributed by atoms with Crippen LogP contribution in [0.15, 0.2) is 23.1 Å². The summed E-state index contributed by atoms with van der Waals surface area (Å²) in [7, 11) is -2.41. The van der Waals surface area contributed by atoms with E-state index < -0.39 is 14.9 Å². The van der Waals surface area contributed by atoms with Crippen molar-refractivity contribution in [3.63, 3.8) is 0 Å². The second kappa shape index (κ2) is 5.76. The van der Waals surface area contributed by atoms with E-state index in [-0.39, 0.29) is 16.3 Å². The molecule has 1 fully saturated rings. The molecule has 1 aliphatic rings. The molecule has 20 heavy (non-hydrogen) atoms. The van der Waals surface area contributed by atoms with Crippen molar-refractivity contribution < 1.29 is 18.1 Å². The molecule has 1 aliphatic heterocycles. The number of ether oxygens (including phenoxy) is 1. The summed E-state index contributed by atoms with van der Waals surface area (Å²) in [6.45, 7) is 0.877. The van der Waals surface area contributed by atoms with E-state index in [4.69, 9.17) is 4.74 Å². The van der Waals surface area contributed by atoms with Crippen LogP contribution in [0.4, 0.5) is 5.69 Å². The normalized spacial score (nSPS) is 16.9. The summed E-state index contributed by atoms with van der Waals surface area (Å²) in [5.41, 5.74) is -0.263. The van der Waals surface area contributed by atoms with Gasteiger partial charge < -0.3 is 4.74 Å². The minimum Gasteiger partial charge on any atom is -0.495 e. The van der Waals surface area contributed by atoms with E-state index in [1.807, 2.05) is 0 Å². The van der Waals surface area contributed by atoms with Crippen LogP contribution >= 0.6 is 0 Å². The van der Waals surface area contributed by atoms with E-state index >= 15 is 0 Å². The quantitative estimate of drug-likeness (QED) is 0.624. The van der Waals surface area contributed by atoms with Crippen molar-refractivity contribution in [2.45, 2.75) is 24.2 Å². The van der Waals surface area contributed by atoms with E-state index in [2.05, 4.69) is 0 Å². The molecule has 0 amide bonds. The smallest absolute Gasteiger partial charge is 0.271 e. The van der Waals surface area contributed by atoms with Crippen molar-refractivity contribution in [2.75, 3.05) is 20.2 Å². The lowest BCUT2D eigenvalue weighted by Gasteiger charge is -2.26. The summed E-state index contributed by atoms with van der Waals surface area (Å²) >= 11 is 0. The zero-order valence-corrected chi connectivity index (χ0v) is 11.9. The van der Waals surface area contributed by atoms with Crippen LogP contribution in [0.3, 0.4) is 0 Å². The first-order chi connectivity index (χ1) is 9.46. The molecule has 0 N–H and O–H groups in total. The average Bonchev–Trinajstić information content (AvgIpc) is 2.47. The Labute approximate surface area is 117 Å². The summed E-state index contributed by atoms with van der Waals surface area (Å²) in [6, 6.07) is 3.60. The van der Waals surface area contributed by atoms with Crippen LogP contribution in [0.2, 0.25) is 0 Å². The lowest BCUT2D eigenvalue weighted by atomic mass is 10.2. The zero-order chi connectivity index (χ0) is 14.8. The van der Waals surface area contributed by atoms with Crippen LogP contribution in [0.1, 0.15) is 19.3 Å². The molecule has 1 aromatic rings. The van der Waals surface area contributed by atoms with Crippen LogP contribution in [0.25, 0.3) is 0 Å². The predicted molar refractivity (Wildman–Crippen MR) is 72.3 cm³/mol. The van der Waals surface area contributed by atoms with E-state index in [0.717, 1.165) is 25.3 Å². The fourth-order valence-corrected chi connectivity index (χ4v) is 3.92. The number of nitrogens with zero attached hydrogens (tertiary/aromatic N) is 2. The Morgan fingerprint density at radius 2 is 1.90 bits per heavy atom. The van der Waals surface area contributed by atoms with Gasteiger partial charge in [0, 0.05) is 25.2 Å². The van der Waals surface area contributed by atoms with Gasteiger partial charge in [-0.25, -0.2) is 8.42 Å². The molecule has 0 spiro atoms. The molecule has 110 valence electrons. The van der Waals surface area contributed by atoms with E-state index in [1.165, 1.54) is 23.5 Å². The Hall–Kier alpha value is -1.67. The van der Waals surface area contributed by atoms with Gasteiger partial charge in [0.15, 0.2) is 0 Å². The Morgan fingerprint density at radius 3 is 2.45 bits per heavy atom. The average molecular weight is 300 g/mol. The van der Waals surface area contributed by atoms with E-state index in [0.29, 0.717) is 13.1 Å². The molecule has 0 aromatic heterocycles. The number of nitro benzene ring substituents is 1. The second-order valence-electron chi connectivity index (χ2n) is 4.56. The molecule has 0 atom stereocenters. The summed E-state index contributed by atoms with van der Waals surface area (Å²) in [6.07, 6.45) is 2.60. The monoisotopic (exact) mass is 300 g/mol. The Morgan fingerprint density at radius 1 is 1.25 bits per heavy atom. The lowest BCUT2D eigenvalue weighted by molar-refractivity contribution is -0.385. The second-order valence-corrected chi connectivity index (χ2v) is 6.46. The number of sulfonamides is 1. The van der Waals surface area contributed by atoms with Crippen molar-refractivity contribution in [3.05, 3.63) is 28.3 Å². The highest BCUT2D eigenvalue weighted by molar-refractivity contribution is 7.89. The van der Waals surface area contributed by atoms with Gasteiger partial charge in [-0.1, -0.05) is 6.42 Å². The number of piperidine rings is 1. The summed E-state index contributed by atoms with van der Waals surface area (Å²) in [4.78, 5) is 10.1. The number of nitro groups is 1. The predicted octanol–water partition coefficient (Wildman–Crippen LogP) is 1.78. The Balaban J connectivity index is 2.48. The van der Waals surface area contributed by atoms with Crippen molar-refractivity contribution in [1.29, 1.82) is 0 Å². The fourth-order valence-electron chi connectivity index (χ4n) is 2.22. The first-order valence-electron chi connectivity index (χ1n) is 6.29. The molecule has 0 radical (unpaired) electrons. The van der Waals surface area contributed by atoms with Crippen LogP contribution < -0.4 is 4.74 Å². The van der Waals surface area contributed by atoms with Gasteiger partial charge >= 0.3 is 0 Å². The Kier molecular flexibility index (Phi) is 4.24. The molecule has 1 aromatic carbocycles. The number of rotatable bonds is 4. The minimum absolute atomic E-state index is 0.126. The molecule has 0 unspecified atom stereocenters. The standard InChI is InChI=1S/C12H16N2O5S/c1-19-11-6-5-10(14(15)16)9-12(11)20(17,18)13-7-3-2-4-8-13/h5-6,9H,2-4,7-8H2,1H3. The van der Waals surface area contributed by atoms with Gasteiger partial charge in [-0.05, 0) is 18.9 Å². The van der Waals surface area contributed by atoms with Gasteiger partial charge in [0.2, 0.25) is 10.0 Å². The molecule has 7 nitrogen and oxygen atoms in total. The number of benzene rings is 1. The van der Waals surface area contributed by atoms with Crippen LogP contribution in [-0.4, -0.2) is 37.8 Å². The molecular formula is C12H16N2O5S. The summed E-state index contributed by atoms with van der Waals surface area (Å²) in [5.74, 6) is 0.126. The highest BCUT2D eigenvalue weighted by Crippen LogP contribution is 2.31. The van der Waals surface area contributed by atoms with Crippen LogP contribution in [0.5, 0.6) is 5.75 Å². The van der Waals surface area contributed by atoms with Gasteiger partial charge in [-0.2, -0.15) is 4.31 Å². The van der Waals surface area contributed by atoms with Crippen LogP contribution in [0, 0.1) is 10.1 Å². The fraction of sp³-hybridized carbons (Fsp3) is 0.500. The van der Waals surface area contributed by atoms with Crippen molar-refractivity contribution >= 4 is 15.7 Å². The van der Waals surface area contributed by atoms with E-state index in [9.17, 15) is 18.5 Å². The largest absolute Gasteiger partial charge is 0.495 e. The maximum atomic E-state index is 12.6. The van der Waals surface area contributed by atoms with Gasteiger partial charge in [0.1, 0.15) is 10.6 Å². The maximum Gasteiger partial charge on any atom is 0.271 e. The number of hydrogen-bond acceptors (Lipinski definition) is 5. The highest BCUT2D eigenvalue weighted by atomic mass is 32.2. The van der Waals surface area contributed by atoms with Gasteiger partial charge in [-0.3, -0.25) is 10.1 Å². The first-order valence-corrected chi connectivity index (χ1v) is 7.73. The topological polar surface area (TPSA) is 89.7 Å². The van der Waals surface area contributed by atoms with E-state index in [1.54, 1.807) is 0 Å². The molecule has 1 saturated heterocycles. The van der Waals surface area contributed by atoms with Crippen molar-refractivity contribution in [3.8, 4) is 5.75 Å².